The molecular formula is C19H17N5O2. The topological polar surface area (TPSA) is 101 Å². The summed E-state index contributed by atoms with van der Waals surface area (Å²) in [5.41, 5.74) is 10.7. The van der Waals surface area contributed by atoms with Gasteiger partial charge in [0, 0.05) is 13.1 Å². The van der Waals surface area contributed by atoms with Crippen molar-refractivity contribution in [2.45, 2.75) is 12.5 Å². The lowest BCUT2D eigenvalue weighted by atomic mass is 10.0. The van der Waals surface area contributed by atoms with Crippen molar-refractivity contribution in [3.63, 3.8) is 0 Å². The number of aliphatic hydroxyl groups is 1. The molecule has 2 aromatic carbocycles. The number of aliphatic hydroxyl groups excluding tert-OH is 1. The average Bonchev–Trinajstić information content (AvgIpc) is 3.24. The third-order valence-electron chi connectivity index (χ3n) is 4.75. The normalized spacial score (nSPS) is 17.4. The summed E-state index contributed by atoms with van der Waals surface area (Å²) in [5, 5.41) is 9.74. The highest BCUT2D eigenvalue weighted by Crippen LogP contribution is 2.28. The second-order valence-electron chi connectivity index (χ2n) is 6.55. The largest absolute Gasteiger partial charge is 0.424 e. The highest BCUT2D eigenvalue weighted by Gasteiger charge is 2.21. The Hall–Kier alpha value is -3.19. The zero-order valence-electron chi connectivity index (χ0n) is 14.0. The molecule has 0 saturated carbocycles. The molecule has 1 aliphatic rings. The summed E-state index contributed by atoms with van der Waals surface area (Å²) < 4.78 is 5.33. The lowest BCUT2D eigenvalue weighted by molar-refractivity contribution is 0.198. The molecule has 1 saturated heterocycles. The molecule has 3 heterocycles. The van der Waals surface area contributed by atoms with Crippen LogP contribution in [-0.4, -0.2) is 39.3 Å². The molecule has 1 atom stereocenters. The number of β-amino-alcohol motifs (C(OH)–C–C–N with tert-alkyl or cyclic N) is 1. The molecule has 2 aromatic heterocycles. The fraction of sp³-hybridized carbons (Fsp3) is 0.211. The Morgan fingerprint density at radius 1 is 1.04 bits per heavy atom. The number of aromatic nitrogens is 3. The van der Waals surface area contributed by atoms with Gasteiger partial charge in [0.2, 0.25) is 0 Å². The molecule has 0 spiro atoms. The number of benzene rings is 2. The van der Waals surface area contributed by atoms with E-state index in [1.165, 1.54) is 0 Å². The molecule has 1 aliphatic heterocycles. The number of rotatable bonds is 2. The van der Waals surface area contributed by atoms with Crippen LogP contribution in [0.15, 0.2) is 47.0 Å². The van der Waals surface area contributed by atoms with Crippen LogP contribution in [-0.2, 0) is 0 Å². The maximum Gasteiger partial charge on any atom is 0.292 e. The van der Waals surface area contributed by atoms with Gasteiger partial charge >= 0.3 is 0 Å². The maximum absolute atomic E-state index is 9.74. The second kappa shape index (κ2) is 5.67. The minimum atomic E-state index is -0.291. The summed E-state index contributed by atoms with van der Waals surface area (Å²) >= 11 is 0. The third-order valence-corrected chi connectivity index (χ3v) is 4.75. The van der Waals surface area contributed by atoms with Crippen molar-refractivity contribution in [1.82, 2.24) is 15.0 Å². The third kappa shape index (κ3) is 2.53. The van der Waals surface area contributed by atoms with E-state index in [1.54, 1.807) is 6.20 Å². The Bertz CT molecular complexity index is 1120. The molecule has 5 rings (SSSR count). The summed E-state index contributed by atoms with van der Waals surface area (Å²) in [5.74, 6) is 0.797. The van der Waals surface area contributed by atoms with Gasteiger partial charge in [-0.3, -0.25) is 4.98 Å². The van der Waals surface area contributed by atoms with Crippen LogP contribution in [0.25, 0.3) is 33.3 Å². The number of nitrogens with two attached hydrogens (primary N) is 1. The molecular weight excluding hydrogens is 330 g/mol. The van der Waals surface area contributed by atoms with Gasteiger partial charge < -0.3 is 20.2 Å². The summed E-state index contributed by atoms with van der Waals surface area (Å²) in [6.07, 6.45) is 2.24. The highest BCUT2D eigenvalue weighted by molar-refractivity contribution is 5.86. The Balaban J connectivity index is 1.56. The van der Waals surface area contributed by atoms with Crippen molar-refractivity contribution in [2.75, 3.05) is 23.7 Å². The van der Waals surface area contributed by atoms with Gasteiger partial charge in [0.1, 0.15) is 11.3 Å². The van der Waals surface area contributed by atoms with Gasteiger partial charge in [-0.1, -0.05) is 12.1 Å². The average molecular weight is 347 g/mol. The number of nitrogens with zero attached hydrogens (tertiary/aromatic N) is 4. The van der Waals surface area contributed by atoms with Crippen LogP contribution in [0.5, 0.6) is 0 Å². The number of anilines is 2. The number of oxazole rings is 1. The number of hydrogen-bond acceptors (Lipinski definition) is 7. The van der Waals surface area contributed by atoms with Crippen molar-refractivity contribution in [2.24, 2.45) is 0 Å². The van der Waals surface area contributed by atoms with E-state index in [4.69, 9.17) is 15.1 Å². The van der Waals surface area contributed by atoms with Crippen LogP contribution in [0.4, 0.5) is 11.8 Å². The lowest BCUT2D eigenvalue weighted by Gasteiger charge is -2.16. The molecule has 0 bridgehead atoms. The molecule has 7 heteroatoms. The van der Waals surface area contributed by atoms with Crippen LogP contribution in [0.1, 0.15) is 6.42 Å². The summed E-state index contributed by atoms with van der Waals surface area (Å²) in [6, 6.07) is 11.9. The summed E-state index contributed by atoms with van der Waals surface area (Å²) in [7, 11) is 0. The van der Waals surface area contributed by atoms with Crippen LogP contribution in [0.2, 0.25) is 0 Å². The van der Waals surface area contributed by atoms with Crippen LogP contribution in [0, 0.1) is 0 Å². The van der Waals surface area contributed by atoms with Crippen molar-refractivity contribution in [3.05, 3.63) is 42.6 Å². The number of nitrogen functional groups attached to an aromatic ring is 1. The van der Waals surface area contributed by atoms with Crippen molar-refractivity contribution >= 4 is 34.0 Å². The SMILES string of the molecule is Nc1nc2cc(-c3ccc4ncc(N5CC[C@@H](O)C5)nc4c3)ccc2o1. The van der Waals surface area contributed by atoms with Gasteiger partial charge in [-0.25, -0.2) is 4.98 Å². The molecule has 0 unspecified atom stereocenters. The summed E-state index contributed by atoms with van der Waals surface area (Å²) in [6.45, 7) is 1.40. The van der Waals surface area contributed by atoms with E-state index in [-0.39, 0.29) is 12.1 Å². The van der Waals surface area contributed by atoms with Crippen molar-refractivity contribution < 1.29 is 9.52 Å². The van der Waals surface area contributed by atoms with Crippen LogP contribution < -0.4 is 10.6 Å². The monoisotopic (exact) mass is 347 g/mol. The standard InChI is InChI=1S/C19H17N5O2/c20-19-23-16-8-12(2-4-17(16)26-19)11-1-3-14-15(7-11)22-18(9-21-14)24-6-5-13(25)10-24/h1-4,7-9,13,25H,5-6,10H2,(H2,20,23)/t13-/m1/s1. The Morgan fingerprint density at radius 2 is 1.85 bits per heavy atom. The minimum absolute atomic E-state index is 0.166. The van der Waals surface area contributed by atoms with E-state index in [9.17, 15) is 5.11 Å². The minimum Gasteiger partial charge on any atom is -0.424 e. The molecule has 26 heavy (non-hydrogen) atoms. The predicted octanol–water partition coefficient (Wildman–Crippen LogP) is 2.59. The molecule has 4 aromatic rings. The van der Waals surface area contributed by atoms with Crippen LogP contribution in [0.3, 0.4) is 0 Å². The second-order valence-corrected chi connectivity index (χ2v) is 6.55. The first-order valence-electron chi connectivity index (χ1n) is 8.52. The molecule has 1 fully saturated rings. The zero-order valence-corrected chi connectivity index (χ0v) is 14.0. The molecule has 7 nitrogen and oxygen atoms in total. The first-order chi connectivity index (χ1) is 12.7. The molecule has 0 amide bonds. The van der Waals surface area contributed by atoms with Crippen molar-refractivity contribution in [1.29, 1.82) is 0 Å². The van der Waals surface area contributed by atoms with Gasteiger partial charge in [0.25, 0.3) is 6.01 Å². The molecule has 0 radical (unpaired) electrons. The maximum atomic E-state index is 9.74. The zero-order chi connectivity index (χ0) is 17.7. The molecule has 3 N–H and O–H groups in total. The van der Waals surface area contributed by atoms with E-state index in [0.29, 0.717) is 12.1 Å². The van der Waals surface area contributed by atoms with E-state index in [1.807, 2.05) is 36.4 Å². The van der Waals surface area contributed by atoms with Gasteiger partial charge in [-0.2, -0.15) is 4.98 Å². The van der Waals surface area contributed by atoms with Gasteiger partial charge in [0.15, 0.2) is 5.58 Å². The van der Waals surface area contributed by atoms with E-state index in [0.717, 1.165) is 46.5 Å². The Kier molecular flexibility index (Phi) is 3.29. The fourth-order valence-corrected chi connectivity index (χ4v) is 3.41. The predicted molar refractivity (Wildman–Crippen MR) is 99.8 cm³/mol. The summed E-state index contributed by atoms with van der Waals surface area (Å²) in [4.78, 5) is 15.5. The first kappa shape index (κ1) is 15.1. The van der Waals surface area contributed by atoms with Gasteiger partial charge in [-0.15, -0.1) is 0 Å². The Morgan fingerprint density at radius 3 is 2.65 bits per heavy atom. The van der Waals surface area contributed by atoms with Crippen LogP contribution >= 0.6 is 0 Å². The van der Waals surface area contributed by atoms with Gasteiger partial charge in [-0.05, 0) is 41.8 Å². The number of hydrogen-bond donors (Lipinski definition) is 2. The smallest absolute Gasteiger partial charge is 0.292 e. The van der Waals surface area contributed by atoms with E-state index < -0.39 is 0 Å². The number of fused-ring (bicyclic) bond motifs is 2. The quantitative estimate of drug-likeness (QED) is 0.574. The highest BCUT2D eigenvalue weighted by atomic mass is 16.4. The first-order valence-corrected chi connectivity index (χ1v) is 8.52. The molecule has 130 valence electrons. The van der Waals surface area contributed by atoms with Gasteiger partial charge in [0.05, 0.1) is 23.3 Å². The fourth-order valence-electron chi connectivity index (χ4n) is 3.41. The Labute approximate surface area is 149 Å². The molecule has 0 aliphatic carbocycles. The lowest BCUT2D eigenvalue weighted by Crippen LogP contribution is -2.22. The van der Waals surface area contributed by atoms with Crippen molar-refractivity contribution in [3.8, 4) is 11.1 Å². The van der Waals surface area contributed by atoms with E-state index >= 15 is 0 Å². The van der Waals surface area contributed by atoms with E-state index in [2.05, 4.69) is 14.9 Å².